The fraction of sp³-hybridized carbons (Fsp3) is 0.867. The van der Waals surface area contributed by atoms with E-state index in [2.05, 4.69) is 19.2 Å². The number of nitrogens with one attached hydrogen (secondary N) is 1. The third-order valence-electron chi connectivity index (χ3n) is 4.14. The Morgan fingerprint density at radius 2 is 1.75 bits per heavy atom. The van der Waals surface area contributed by atoms with Crippen LogP contribution in [0.5, 0.6) is 0 Å². The number of carbonyl (C=O) groups is 2. The molecular weight excluding hydrogens is 254 g/mol. The molecule has 2 saturated heterocycles. The summed E-state index contributed by atoms with van der Waals surface area (Å²) in [7, 11) is 0. The average Bonchev–Trinajstić information content (AvgIpc) is 2.47. The smallest absolute Gasteiger partial charge is 0.239 e. The highest BCUT2D eigenvalue weighted by molar-refractivity contribution is 5.82. The normalized spacial score (nSPS) is 24.1. The minimum atomic E-state index is 0.00154. The van der Waals surface area contributed by atoms with Crippen LogP contribution < -0.4 is 5.32 Å². The van der Waals surface area contributed by atoms with Crippen LogP contribution >= 0.6 is 0 Å². The summed E-state index contributed by atoms with van der Waals surface area (Å²) < 4.78 is 0. The van der Waals surface area contributed by atoms with Crippen LogP contribution in [0.3, 0.4) is 0 Å². The van der Waals surface area contributed by atoms with Crippen molar-refractivity contribution in [2.24, 2.45) is 5.92 Å². The number of nitrogens with zero attached hydrogens (tertiary/aromatic N) is 2. The first-order valence-corrected chi connectivity index (χ1v) is 7.88. The lowest BCUT2D eigenvalue weighted by molar-refractivity contribution is -0.141. The summed E-state index contributed by atoms with van der Waals surface area (Å²) in [4.78, 5) is 28.2. The van der Waals surface area contributed by atoms with Crippen LogP contribution in [-0.2, 0) is 9.59 Å². The summed E-state index contributed by atoms with van der Waals surface area (Å²) in [5.41, 5.74) is 0. The van der Waals surface area contributed by atoms with Crippen molar-refractivity contribution in [1.29, 1.82) is 0 Å². The lowest BCUT2D eigenvalue weighted by Crippen LogP contribution is -2.56. The van der Waals surface area contributed by atoms with Gasteiger partial charge < -0.3 is 15.1 Å². The second-order valence-electron chi connectivity index (χ2n) is 6.31. The maximum Gasteiger partial charge on any atom is 0.239 e. The van der Waals surface area contributed by atoms with Crippen LogP contribution in [0.1, 0.15) is 39.5 Å². The molecule has 0 aromatic rings. The summed E-state index contributed by atoms with van der Waals surface area (Å²) in [5, 5.41) is 3.30. The van der Waals surface area contributed by atoms with E-state index in [-0.39, 0.29) is 17.9 Å². The Morgan fingerprint density at radius 3 is 2.30 bits per heavy atom. The SMILES string of the molecule is CC(C)CC(=O)N1CCN(C(=O)C2CCCCN2)CC1. The fourth-order valence-corrected chi connectivity index (χ4v) is 2.94. The lowest BCUT2D eigenvalue weighted by atomic mass is 10.0. The average molecular weight is 281 g/mol. The minimum absolute atomic E-state index is 0.00154. The van der Waals surface area contributed by atoms with E-state index in [1.165, 1.54) is 6.42 Å². The van der Waals surface area contributed by atoms with Crippen LogP contribution in [0.4, 0.5) is 0 Å². The first-order chi connectivity index (χ1) is 9.58. The summed E-state index contributed by atoms with van der Waals surface area (Å²) in [6, 6.07) is 0.00154. The summed E-state index contributed by atoms with van der Waals surface area (Å²) in [6.07, 6.45) is 3.86. The van der Waals surface area contributed by atoms with Crippen molar-refractivity contribution < 1.29 is 9.59 Å². The molecule has 5 nitrogen and oxygen atoms in total. The zero-order valence-corrected chi connectivity index (χ0v) is 12.7. The van der Waals surface area contributed by atoms with Crippen molar-refractivity contribution in [1.82, 2.24) is 15.1 Å². The van der Waals surface area contributed by atoms with E-state index in [0.717, 1.165) is 19.4 Å². The molecule has 0 aromatic carbocycles. The van der Waals surface area contributed by atoms with E-state index in [1.54, 1.807) is 0 Å². The van der Waals surface area contributed by atoms with Gasteiger partial charge in [-0.05, 0) is 25.3 Å². The van der Waals surface area contributed by atoms with E-state index in [9.17, 15) is 9.59 Å². The van der Waals surface area contributed by atoms with Gasteiger partial charge in [0.05, 0.1) is 6.04 Å². The zero-order chi connectivity index (χ0) is 14.5. The third kappa shape index (κ3) is 3.95. The van der Waals surface area contributed by atoms with Gasteiger partial charge in [-0.1, -0.05) is 20.3 Å². The molecule has 2 aliphatic heterocycles. The van der Waals surface area contributed by atoms with Gasteiger partial charge in [-0.25, -0.2) is 0 Å². The molecule has 5 heteroatoms. The highest BCUT2D eigenvalue weighted by Crippen LogP contribution is 2.13. The zero-order valence-electron chi connectivity index (χ0n) is 12.7. The molecule has 1 unspecified atom stereocenters. The molecule has 1 N–H and O–H groups in total. The van der Waals surface area contributed by atoms with Crippen molar-refractivity contribution in [3.05, 3.63) is 0 Å². The molecule has 0 saturated carbocycles. The van der Waals surface area contributed by atoms with Gasteiger partial charge >= 0.3 is 0 Å². The van der Waals surface area contributed by atoms with Crippen molar-refractivity contribution in [3.8, 4) is 0 Å². The molecule has 0 aliphatic carbocycles. The van der Waals surface area contributed by atoms with Crippen molar-refractivity contribution in [2.45, 2.75) is 45.6 Å². The fourth-order valence-electron chi connectivity index (χ4n) is 2.94. The molecule has 0 aromatic heterocycles. The molecular formula is C15H27N3O2. The van der Waals surface area contributed by atoms with Crippen molar-refractivity contribution >= 4 is 11.8 Å². The van der Waals surface area contributed by atoms with E-state index in [4.69, 9.17) is 0 Å². The van der Waals surface area contributed by atoms with E-state index in [0.29, 0.717) is 38.5 Å². The summed E-state index contributed by atoms with van der Waals surface area (Å²) in [5.74, 6) is 0.845. The highest BCUT2D eigenvalue weighted by Gasteiger charge is 2.29. The predicted octanol–water partition coefficient (Wildman–Crippen LogP) is 0.845. The number of rotatable bonds is 3. The molecule has 114 valence electrons. The monoisotopic (exact) mass is 281 g/mol. The van der Waals surface area contributed by atoms with Crippen molar-refractivity contribution in [3.63, 3.8) is 0 Å². The quantitative estimate of drug-likeness (QED) is 0.834. The number of hydrogen-bond donors (Lipinski definition) is 1. The van der Waals surface area contributed by atoms with Gasteiger partial charge in [0.1, 0.15) is 0 Å². The molecule has 0 radical (unpaired) electrons. The van der Waals surface area contributed by atoms with E-state index < -0.39 is 0 Å². The Kier molecular flexibility index (Phi) is 5.40. The van der Waals surface area contributed by atoms with Gasteiger partial charge in [0.2, 0.25) is 11.8 Å². The molecule has 2 heterocycles. The molecule has 2 amide bonds. The Balaban J connectivity index is 1.78. The molecule has 0 spiro atoms. The van der Waals surface area contributed by atoms with Crippen LogP contribution in [0.2, 0.25) is 0 Å². The van der Waals surface area contributed by atoms with Crippen LogP contribution in [0.15, 0.2) is 0 Å². The van der Waals surface area contributed by atoms with Gasteiger partial charge in [-0.2, -0.15) is 0 Å². The highest BCUT2D eigenvalue weighted by atomic mass is 16.2. The topological polar surface area (TPSA) is 52.7 Å². The molecule has 2 fully saturated rings. The number of hydrogen-bond acceptors (Lipinski definition) is 3. The Hall–Kier alpha value is -1.10. The molecule has 20 heavy (non-hydrogen) atoms. The Labute approximate surface area is 121 Å². The Morgan fingerprint density at radius 1 is 1.10 bits per heavy atom. The lowest BCUT2D eigenvalue weighted by Gasteiger charge is -2.37. The molecule has 0 bridgehead atoms. The maximum absolute atomic E-state index is 12.4. The predicted molar refractivity (Wildman–Crippen MR) is 78.3 cm³/mol. The first kappa shape index (κ1) is 15.3. The first-order valence-electron chi connectivity index (χ1n) is 7.88. The maximum atomic E-state index is 12.4. The van der Waals surface area contributed by atoms with E-state index >= 15 is 0 Å². The molecule has 2 rings (SSSR count). The molecule has 2 aliphatic rings. The molecule has 1 atom stereocenters. The van der Waals surface area contributed by atoms with E-state index in [1.807, 2.05) is 9.80 Å². The summed E-state index contributed by atoms with van der Waals surface area (Å²) in [6.45, 7) is 7.80. The van der Waals surface area contributed by atoms with Gasteiger partial charge in [0.25, 0.3) is 0 Å². The number of carbonyl (C=O) groups excluding carboxylic acids is 2. The number of amides is 2. The Bertz CT molecular complexity index is 343. The second kappa shape index (κ2) is 7.07. The van der Waals surface area contributed by atoms with Gasteiger partial charge in [-0.15, -0.1) is 0 Å². The van der Waals surface area contributed by atoms with Gasteiger partial charge in [0.15, 0.2) is 0 Å². The van der Waals surface area contributed by atoms with Crippen LogP contribution in [-0.4, -0.2) is 60.4 Å². The van der Waals surface area contributed by atoms with Gasteiger partial charge in [-0.3, -0.25) is 9.59 Å². The largest absolute Gasteiger partial charge is 0.339 e. The van der Waals surface area contributed by atoms with Crippen molar-refractivity contribution in [2.75, 3.05) is 32.7 Å². The van der Waals surface area contributed by atoms with Gasteiger partial charge in [0, 0.05) is 32.6 Å². The van der Waals surface area contributed by atoms with Crippen LogP contribution in [0.25, 0.3) is 0 Å². The number of piperidine rings is 1. The number of piperazine rings is 1. The summed E-state index contributed by atoms with van der Waals surface area (Å²) >= 11 is 0. The third-order valence-corrected chi connectivity index (χ3v) is 4.14. The second-order valence-corrected chi connectivity index (χ2v) is 6.31. The van der Waals surface area contributed by atoms with Crippen LogP contribution in [0, 0.1) is 5.92 Å². The minimum Gasteiger partial charge on any atom is -0.339 e. The standard InChI is InChI=1S/C15H27N3O2/c1-12(2)11-14(19)17-7-9-18(10-8-17)15(20)13-5-3-4-6-16-13/h12-13,16H,3-11H2,1-2H3.